The number of amides is 2. The van der Waals surface area contributed by atoms with Crippen molar-refractivity contribution in [2.45, 2.75) is 26.4 Å². The number of carbonyl (C=O) groups excluding carboxylic acids is 2. The first-order chi connectivity index (χ1) is 9.85. The Morgan fingerprint density at radius 2 is 1.81 bits per heavy atom. The summed E-state index contributed by atoms with van der Waals surface area (Å²) in [5.41, 5.74) is -0.934. The maximum absolute atomic E-state index is 11.6. The predicted molar refractivity (Wildman–Crippen MR) is 75.4 cm³/mol. The number of aliphatic hydroxyl groups is 3. The normalized spacial score (nSPS) is 12.8. The monoisotopic (exact) mass is 306 g/mol. The average molecular weight is 306 g/mol. The quantitative estimate of drug-likeness (QED) is 0.281. The summed E-state index contributed by atoms with van der Waals surface area (Å²) in [4.78, 5) is 23.0. The first-order valence-electron chi connectivity index (χ1n) is 6.87. The van der Waals surface area contributed by atoms with Gasteiger partial charge in [-0.05, 0) is 0 Å². The Morgan fingerprint density at radius 3 is 2.38 bits per heavy atom. The Labute approximate surface area is 124 Å². The van der Waals surface area contributed by atoms with Crippen LogP contribution in [0.4, 0.5) is 0 Å². The molecular weight excluding hydrogens is 280 g/mol. The first kappa shape index (κ1) is 19.8. The van der Waals surface area contributed by atoms with Gasteiger partial charge in [0.2, 0.25) is 11.8 Å². The van der Waals surface area contributed by atoms with Crippen molar-refractivity contribution in [2.75, 3.05) is 39.5 Å². The van der Waals surface area contributed by atoms with Gasteiger partial charge in [-0.2, -0.15) is 0 Å². The molecule has 0 fully saturated rings. The van der Waals surface area contributed by atoms with Gasteiger partial charge in [-0.25, -0.2) is 0 Å². The van der Waals surface area contributed by atoms with Gasteiger partial charge in [0, 0.05) is 24.9 Å². The summed E-state index contributed by atoms with van der Waals surface area (Å²) < 4.78 is 4.97. The third-order valence-electron chi connectivity index (χ3n) is 2.85. The van der Waals surface area contributed by atoms with Gasteiger partial charge in [0.1, 0.15) is 6.10 Å². The van der Waals surface area contributed by atoms with Gasteiger partial charge in [0.05, 0.1) is 26.4 Å². The summed E-state index contributed by atoms with van der Waals surface area (Å²) in [7, 11) is 0. The zero-order chi connectivity index (χ0) is 16.3. The van der Waals surface area contributed by atoms with Crippen molar-refractivity contribution in [3.63, 3.8) is 0 Å². The van der Waals surface area contributed by atoms with E-state index in [9.17, 15) is 14.7 Å². The molecule has 0 rings (SSSR count). The minimum absolute atomic E-state index is 0.0630. The summed E-state index contributed by atoms with van der Waals surface area (Å²) in [5, 5.41) is 32.3. The molecule has 5 N–H and O–H groups in total. The number of ether oxygens (including phenoxy) is 1. The molecule has 21 heavy (non-hydrogen) atoms. The third-order valence-corrected chi connectivity index (χ3v) is 2.85. The molecule has 2 amide bonds. The number of hydrogen-bond acceptors (Lipinski definition) is 6. The van der Waals surface area contributed by atoms with E-state index in [0.29, 0.717) is 13.2 Å². The molecule has 124 valence electrons. The predicted octanol–water partition coefficient (Wildman–Crippen LogP) is -2.00. The molecule has 1 atom stereocenters. The molecule has 8 nitrogen and oxygen atoms in total. The van der Waals surface area contributed by atoms with Crippen LogP contribution >= 0.6 is 0 Å². The summed E-state index contributed by atoms with van der Waals surface area (Å²) in [6.45, 7) is 3.70. The summed E-state index contributed by atoms with van der Waals surface area (Å²) in [6.07, 6.45) is -1.25. The molecule has 0 spiro atoms. The number of rotatable bonds is 11. The first-order valence-corrected chi connectivity index (χ1v) is 6.87. The molecule has 0 aromatic carbocycles. The van der Waals surface area contributed by atoms with Gasteiger partial charge in [-0.3, -0.25) is 9.59 Å². The van der Waals surface area contributed by atoms with Crippen molar-refractivity contribution < 1.29 is 29.6 Å². The van der Waals surface area contributed by atoms with Crippen molar-refractivity contribution >= 4 is 11.8 Å². The molecule has 8 heteroatoms. The van der Waals surface area contributed by atoms with E-state index >= 15 is 0 Å². The number of aliphatic hydroxyl groups excluding tert-OH is 3. The Balaban J connectivity index is 3.78. The molecule has 0 aliphatic rings. The minimum atomic E-state index is -1.34. The second kappa shape index (κ2) is 10.5. The van der Waals surface area contributed by atoms with Crippen molar-refractivity contribution in [3.05, 3.63) is 0 Å². The number of nitrogens with one attached hydrogen (secondary N) is 2. The van der Waals surface area contributed by atoms with E-state index < -0.39 is 17.4 Å². The van der Waals surface area contributed by atoms with E-state index in [1.807, 2.05) is 0 Å². The summed E-state index contributed by atoms with van der Waals surface area (Å²) in [5.74, 6) is -0.869. The molecule has 0 saturated carbocycles. The fourth-order valence-corrected chi connectivity index (χ4v) is 1.35. The lowest BCUT2D eigenvalue weighted by atomic mass is 9.87. The zero-order valence-corrected chi connectivity index (χ0v) is 12.6. The van der Waals surface area contributed by atoms with Crippen molar-refractivity contribution in [3.8, 4) is 0 Å². The largest absolute Gasteiger partial charge is 0.396 e. The van der Waals surface area contributed by atoms with Crippen LogP contribution in [0.2, 0.25) is 0 Å². The maximum Gasteiger partial charge on any atom is 0.249 e. The van der Waals surface area contributed by atoms with E-state index in [-0.39, 0.29) is 38.7 Å². The Kier molecular flexibility index (Phi) is 9.89. The fourth-order valence-electron chi connectivity index (χ4n) is 1.35. The average Bonchev–Trinajstić information content (AvgIpc) is 2.46. The van der Waals surface area contributed by atoms with Crippen molar-refractivity contribution in [2.24, 2.45) is 5.41 Å². The van der Waals surface area contributed by atoms with Gasteiger partial charge in [-0.15, -0.1) is 0 Å². The van der Waals surface area contributed by atoms with Gasteiger partial charge in [0.25, 0.3) is 0 Å². The highest BCUT2D eigenvalue weighted by atomic mass is 16.5. The van der Waals surface area contributed by atoms with Crippen molar-refractivity contribution in [1.29, 1.82) is 0 Å². The van der Waals surface area contributed by atoms with Crippen LogP contribution in [-0.4, -0.2) is 72.8 Å². The zero-order valence-electron chi connectivity index (χ0n) is 12.6. The van der Waals surface area contributed by atoms with Gasteiger partial charge < -0.3 is 30.7 Å². The molecule has 0 aromatic heterocycles. The maximum atomic E-state index is 11.6. The third kappa shape index (κ3) is 8.61. The SMILES string of the molecule is CC(C)(CO)[C@@H](O)C(=O)NCCC(=O)NCCOCCO. The van der Waals surface area contributed by atoms with Crippen LogP contribution in [0, 0.1) is 5.41 Å². The van der Waals surface area contributed by atoms with Gasteiger partial charge >= 0.3 is 0 Å². The van der Waals surface area contributed by atoms with Crippen LogP contribution < -0.4 is 10.6 Å². The molecule has 0 unspecified atom stereocenters. The number of hydrogen-bond donors (Lipinski definition) is 5. The van der Waals surface area contributed by atoms with Gasteiger partial charge in [-0.1, -0.05) is 13.8 Å². The van der Waals surface area contributed by atoms with Gasteiger partial charge in [0.15, 0.2) is 0 Å². The van der Waals surface area contributed by atoms with E-state index in [0.717, 1.165) is 0 Å². The highest BCUT2D eigenvalue weighted by molar-refractivity contribution is 5.82. The van der Waals surface area contributed by atoms with Crippen LogP contribution in [-0.2, 0) is 14.3 Å². The molecular formula is C13H26N2O6. The minimum Gasteiger partial charge on any atom is -0.396 e. The Hall–Kier alpha value is -1.22. The van der Waals surface area contributed by atoms with E-state index in [1.54, 1.807) is 13.8 Å². The molecule has 0 aliphatic carbocycles. The standard InChI is InChI=1S/C13H26N2O6/c1-13(2,9-17)11(19)12(20)15-4-3-10(18)14-5-7-21-8-6-16/h11,16-17,19H,3-9H2,1-2H3,(H,14,18)(H,15,20)/t11-/m0/s1. The second-order valence-electron chi connectivity index (χ2n) is 5.28. The van der Waals surface area contributed by atoms with Crippen LogP contribution in [0.5, 0.6) is 0 Å². The molecule has 0 aliphatic heterocycles. The van der Waals surface area contributed by atoms with E-state index in [1.165, 1.54) is 0 Å². The van der Waals surface area contributed by atoms with Crippen LogP contribution in [0.1, 0.15) is 20.3 Å². The van der Waals surface area contributed by atoms with E-state index in [2.05, 4.69) is 10.6 Å². The highest BCUT2D eigenvalue weighted by Crippen LogP contribution is 2.19. The fraction of sp³-hybridized carbons (Fsp3) is 0.846. The lowest BCUT2D eigenvalue weighted by molar-refractivity contribution is -0.137. The molecule has 0 aromatic rings. The topological polar surface area (TPSA) is 128 Å². The molecule has 0 saturated heterocycles. The number of carbonyl (C=O) groups is 2. The lowest BCUT2D eigenvalue weighted by Crippen LogP contribution is -2.46. The van der Waals surface area contributed by atoms with Crippen molar-refractivity contribution in [1.82, 2.24) is 10.6 Å². The lowest BCUT2D eigenvalue weighted by Gasteiger charge is -2.27. The van der Waals surface area contributed by atoms with Crippen LogP contribution in [0.25, 0.3) is 0 Å². The highest BCUT2D eigenvalue weighted by Gasteiger charge is 2.32. The van der Waals surface area contributed by atoms with Crippen LogP contribution in [0.15, 0.2) is 0 Å². The summed E-state index contributed by atoms with van der Waals surface area (Å²) >= 11 is 0. The van der Waals surface area contributed by atoms with Crippen LogP contribution in [0.3, 0.4) is 0 Å². The molecule has 0 heterocycles. The molecule has 0 bridgehead atoms. The second-order valence-corrected chi connectivity index (χ2v) is 5.28. The smallest absolute Gasteiger partial charge is 0.249 e. The molecule has 0 radical (unpaired) electrons. The van der Waals surface area contributed by atoms with E-state index in [4.69, 9.17) is 14.9 Å². The summed E-state index contributed by atoms with van der Waals surface area (Å²) in [6, 6.07) is 0. The Bertz CT molecular complexity index is 322. The Morgan fingerprint density at radius 1 is 1.14 bits per heavy atom.